The van der Waals surface area contributed by atoms with Crippen molar-refractivity contribution in [1.29, 1.82) is 0 Å². The monoisotopic (exact) mass is 305 g/mol. The van der Waals surface area contributed by atoms with Gasteiger partial charge in [-0.05, 0) is 42.1 Å². The van der Waals surface area contributed by atoms with Gasteiger partial charge < -0.3 is 9.88 Å². The SMILES string of the molecule is Cc1ccc(N2CCN(Cc3ccc4cc[nH]c4c3)CC2)cc1. The predicted octanol–water partition coefficient (Wildman–Crippen LogP) is 3.80. The fourth-order valence-electron chi connectivity index (χ4n) is 3.37. The molecule has 3 aromatic rings. The summed E-state index contributed by atoms with van der Waals surface area (Å²) < 4.78 is 0. The minimum Gasteiger partial charge on any atom is -0.369 e. The van der Waals surface area contributed by atoms with E-state index in [1.54, 1.807) is 0 Å². The zero-order valence-corrected chi connectivity index (χ0v) is 13.6. The second-order valence-electron chi connectivity index (χ2n) is 6.50. The first-order valence-corrected chi connectivity index (χ1v) is 8.38. The van der Waals surface area contributed by atoms with Crippen molar-refractivity contribution in [3.8, 4) is 0 Å². The molecule has 0 bridgehead atoms. The van der Waals surface area contributed by atoms with Crippen molar-refractivity contribution in [2.24, 2.45) is 0 Å². The van der Waals surface area contributed by atoms with E-state index in [2.05, 4.69) is 70.2 Å². The zero-order chi connectivity index (χ0) is 15.6. The Morgan fingerprint density at radius 1 is 0.913 bits per heavy atom. The molecule has 118 valence electrons. The molecule has 1 aliphatic heterocycles. The summed E-state index contributed by atoms with van der Waals surface area (Å²) in [4.78, 5) is 8.34. The Kier molecular flexibility index (Phi) is 3.80. The molecule has 1 fully saturated rings. The Morgan fingerprint density at radius 2 is 1.70 bits per heavy atom. The maximum absolute atomic E-state index is 3.30. The van der Waals surface area contributed by atoms with Crippen molar-refractivity contribution in [1.82, 2.24) is 9.88 Å². The normalized spacial score (nSPS) is 16.1. The molecule has 1 aliphatic rings. The van der Waals surface area contributed by atoms with Gasteiger partial charge in [0.05, 0.1) is 0 Å². The van der Waals surface area contributed by atoms with Gasteiger partial charge in [0.1, 0.15) is 0 Å². The quantitative estimate of drug-likeness (QED) is 0.795. The third-order valence-corrected chi connectivity index (χ3v) is 4.80. The highest BCUT2D eigenvalue weighted by molar-refractivity contribution is 5.79. The summed E-state index contributed by atoms with van der Waals surface area (Å²) in [6.07, 6.45) is 2.01. The predicted molar refractivity (Wildman–Crippen MR) is 97.0 cm³/mol. The van der Waals surface area contributed by atoms with Crippen molar-refractivity contribution < 1.29 is 0 Å². The first-order chi connectivity index (χ1) is 11.3. The number of anilines is 1. The highest BCUT2D eigenvalue weighted by Crippen LogP contribution is 2.19. The Hall–Kier alpha value is -2.26. The van der Waals surface area contributed by atoms with Crippen LogP contribution in [0.15, 0.2) is 54.7 Å². The molecule has 0 radical (unpaired) electrons. The highest BCUT2D eigenvalue weighted by atomic mass is 15.3. The smallest absolute Gasteiger partial charge is 0.0457 e. The number of aromatic amines is 1. The molecule has 3 nitrogen and oxygen atoms in total. The average Bonchev–Trinajstić information content (AvgIpc) is 3.04. The maximum atomic E-state index is 3.30. The van der Waals surface area contributed by atoms with Crippen LogP contribution >= 0.6 is 0 Å². The van der Waals surface area contributed by atoms with Crippen LogP contribution in [-0.2, 0) is 6.54 Å². The summed E-state index contributed by atoms with van der Waals surface area (Å²) >= 11 is 0. The van der Waals surface area contributed by atoms with Gasteiger partial charge in [0.15, 0.2) is 0 Å². The van der Waals surface area contributed by atoms with Gasteiger partial charge in [0.25, 0.3) is 0 Å². The van der Waals surface area contributed by atoms with E-state index in [0.717, 1.165) is 32.7 Å². The fraction of sp³-hybridized carbons (Fsp3) is 0.300. The summed E-state index contributed by atoms with van der Waals surface area (Å²) in [5.74, 6) is 0. The highest BCUT2D eigenvalue weighted by Gasteiger charge is 2.17. The Morgan fingerprint density at radius 3 is 2.48 bits per heavy atom. The molecule has 2 heterocycles. The van der Waals surface area contributed by atoms with E-state index in [0.29, 0.717) is 0 Å². The summed E-state index contributed by atoms with van der Waals surface area (Å²) in [7, 11) is 0. The molecule has 0 saturated carbocycles. The van der Waals surface area contributed by atoms with Crippen LogP contribution < -0.4 is 4.90 Å². The van der Waals surface area contributed by atoms with Gasteiger partial charge >= 0.3 is 0 Å². The van der Waals surface area contributed by atoms with Crippen LogP contribution in [0.1, 0.15) is 11.1 Å². The third kappa shape index (κ3) is 3.10. The lowest BCUT2D eigenvalue weighted by Crippen LogP contribution is -2.45. The van der Waals surface area contributed by atoms with Crippen molar-refractivity contribution >= 4 is 16.6 Å². The summed E-state index contributed by atoms with van der Waals surface area (Å²) in [6.45, 7) is 7.63. The zero-order valence-electron chi connectivity index (χ0n) is 13.6. The molecule has 0 unspecified atom stereocenters. The number of aromatic nitrogens is 1. The lowest BCUT2D eigenvalue weighted by molar-refractivity contribution is 0.250. The molecular weight excluding hydrogens is 282 g/mol. The van der Waals surface area contributed by atoms with Crippen LogP contribution in [-0.4, -0.2) is 36.1 Å². The second kappa shape index (κ2) is 6.09. The van der Waals surface area contributed by atoms with Crippen molar-refractivity contribution in [2.45, 2.75) is 13.5 Å². The standard InChI is InChI=1S/C20H23N3/c1-16-2-6-19(7-3-16)23-12-10-22(11-13-23)15-17-4-5-18-8-9-21-20(18)14-17/h2-9,14,21H,10-13,15H2,1H3. The first kappa shape index (κ1) is 14.3. The minimum absolute atomic E-state index is 1.04. The number of piperazine rings is 1. The molecule has 2 aromatic carbocycles. The van der Waals surface area contributed by atoms with E-state index in [-0.39, 0.29) is 0 Å². The van der Waals surface area contributed by atoms with E-state index >= 15 is 0 Å². The van der Waals surface area contributed by atoms with Gasteiger partial charge in [-0.3, -0.25) is 4.90 Å². The number of hydrogen-bond donors (Lipinski definition) is 1. The van der Waals surface area contributed by atoms with Crippen LogP contribution in [0.25, 0.3) is 10.9 Å². The number of H-pyrrole nitrogens is 1. The van der Waals surface area contributed by atoms with Gasteiger partial charge in [-0.15, -0.1) is 0 Å². The third-order valence-electron chi connectivity index (χ3n) is 4.80. The van der Waals surface area contributed by atoms with Crippen LogP contribution in [0, 0.1) is 6.92 Å². The van der Waals surface area contributed by atoms with E-state index in [1.165, 1.54) is 27.7 Å². The number of benzene rings is 2. The molecule has 23 heavy (non-hydrogen) atoms. The number of fused-ring (bicyclic) bond motifs is 1. The van der Waals surface area contributed by atoms with Crippen LogP contribution in [0.4, 0.5) is 5.69 Å². The van der Waals surface area contributed by atoms with E-state index < -0.39 is 0 Å². The molecule has 3 heteroatoms. The molecule has 0 aliphatic carbocycles. The van der Waals surface area contributed by atoms with Crippen molar-refractivity contribution in [3.63, 3.8) is 0 Å². The molecule has 0 atom stereocenters. The van der Waals surface area contributed by atoms with Crippen molar-refractivity contribution in [3.05, 3.63) is 65.9 Å². The lowest BCUT2D eigenvalue weighted by atomic mass is 10.1. The van der Waals surface area contributed by atoms with Crippen LogP contribution in [0.3, 0.4) is 0 Å². The number of hydrogen-bond acceptors (Lipinski definition) is 2. The van der Waals surface area contributed by atoms with Gasteiger partial charge in [-0.25, -0.2) is 0 Å². The Bertz CT molecular complexity index is 780. The summed E-state index contributed by atoms with van der Waals surface area (Å²) in [6, 6.07) is 17.8. The Labute approximate surface area is 137 Å². The van der Waals surface area contributed by atoms with Gasteiger partial charge in [0.2, 0.25) is 0 Å². The average molecular weight is 305 g/mol. The number of aryl methyl sites for hydroxylation is 1. The van der Waals surface area contributed by atoms with E-state index in [4.69, 9.17) is 0 Å². The number of nitrogens with one attached hydrogen (secondary N) is 1. The van der Waals surface area contributed by atoms with Crippen molar-refractivity contribution in [2.75, 3.05) is 31.1 Å². The van der Waals surface area contributed by atoms with Crippen LogP contribution in [0.5, 0.6) is 0 Å². The second-order valence-corrected chi connectivity index (χ2v) is 6.50. The van der Waals surface area contributed by atoms with Gasteiger partial charge in [0, 0.05) is 50.1 Å². The van der Waals surface area contributed by atoms with E-state index in [1.807, 2.05) is 6.20 Å². The topological polar surface area (TPSA) is 22.3 Å². The molecule has 0 spiro atoms. The summed E-state index contributed by atoms with van der Waals surface area (Å²) in [5, 5.41) is 1.29. The minimum atomic E-state index is 1.04. The molecule has 1 aromatic heterocycles. The van der Waals surface area contributed by atoms with Crippen LogP contribution in [0.2, 0.25) is 0 Å². The lowest BCUT2D eigenvalue weighted by Gasteiger charge is -2.36. The molecule has 4 rings (SSSR count). The fourth-order valence-corrected chi connectivity index (χ4v) is 3.37. The number of rotatable bonds is 3. The number of nitrogens with zero attached hydrogens (tertiary/aromatic N) is 2. The van der Waals surface area contributed by atoms with E-state index in [9.17, 15) is 0 Å². The molecular formula is C20H23N3. The molecule has 1 N–H and O–H groups in total. The first-order valence-electron chi connectivity index (χ1n) is 8.38. The summed E-state index contributed by atoms with van der Waals surface area (Å²) in [5.41, 5.74) is 5.31. The van der Waals surface area contributed by atoms with Gasteiger partial charge in [-0.2, -0.15) is 0 Å². The van der Waals surface area contributed by atoms with Gasteiger partial charge in [-0.1, -0.05) is 29.8 Å². The Balaban J connectivity index is 1.38. The molecule has 1 saturated heterocycles. The molecule has 0 amide bonds. The largest absolute Gasteiger partial charge is 0.369 e. The maximum Gasteiger partial charge on any atom is 0.0457 e.